The molecule has 1 unspecified atom stereocenters. The summed E-state index contributed by atoms with van der Waals surface area (Å²) >= 11 is 0. The maximum atomic E-state index is 12.1. The van der Waals surface area contributed by atoms with Crippen LogP contribution in [0.15, 0.2) is 40.2 Å². The topological polar surface area (TPSA) is 82.6 Å². The molecule has 1 aromatic rings. The second-order valence-corrected chi connectivity index (χ2v) is 7.42. The molecule has 6 nitrogen and oxygen atoms in total. The second kappa shape index (κ2) is 9.52. The molecule has 130 valence electrons. The van der Waals surface area contributed by atoms with E-state index in [1.165, 1.54) is 0 Å². The Balaban J connectivity index is 2.55. The summed E-state index contributed by atoms with van der Waals surface area (Å²) in [5.41, 5.74) is 0. The lowest BCUT2D eigenvalue weighted by atomic mass is 10.1. The van der Waals surface area contributed by atoms with Gasteiger partial charge in [-0.1, -0.05) is 32.0 Å². The first-order chi connectivity index (χ1) is 10.9. The van der Waals surface area contributed by atoms with Crippen molar-refractivity contribution < 1.29 is 8.42 Å². The van der Waals surface area contributed by atoms with Crippen LogP contribution in [0.2, 0.25) is 0 Å². The Hall–Kier alpha value is -1.60. The van der Waals surface area contributed by atoms with Crippen LogP contribution >= 0.6 is 0 Å². The van der Waals surface area contributed by atoms with Gasteiger partial charge >= 0.3 is 0 Å². The standard InChI is InChI=1S/C16H28N4O2S/c1-5-17-16(20-14(4)13(2)3)18-11-12-19-23(21,22)15-9-7-6-8-10-15/h6-10,13-14,19H,5,11-12H2,1-4H3,(H2,17,18,20). The van der Waals surface area contributed by atoms with Gasteiger partial charge in [-0.3, -0.25) is 4.99 Å². The molecule has 0 bridgehead atoms. The lowest BCUT2D eigenvalue weighted by Crippen LogP contribution is -2.44. The van der Waals surface area contributed by atoms with Gasteiger partial charge in [0, 0.05) is 19.1 Å². The highest BCUT2D eigenvalue weighted by Gasteiger charge is 2.12. The summed E-state index contributed by atoms with van der Waals surface area (Å²) in [6.45, 7) is 9.73. The Morgan fingerprint density at radius 1 is 1.17 bits per heavy atom. The number of guanidine groups is 1. The van der Waals surface area contributed by atoms with E-state index >= 15 is 0 Å². The zero-order valence-corrected chi connectivity index (χ0v) is 15.2. The van der Waals surface area contributed by atoms with Crippen LogP contribution in [0.25, 0.3) is 0 Å². The Kier molecular flexibility index (Phi) is 8.05. The molecule has 0 radical (unpaired) electrons. The minimum absolute atomic E-state index is 0.254. The summed E-state index contributed by atoms with van der Waals surface area (Å²) in [6, 6.07) is 8.62. The fourth-order valence-corrected chi connectivity index (χ4v) is 2.78. The average molecular weight is 340 g/mol. The predicted molar refractivity (Wildman–Crippen MR) is 95.0 cm³/mol. The van der Waals surface area contributed by atoms with Crippen LogP contribution in [-0.2, 0) is 10.0 Å². The van der Waals surface area contributed by atoms with Gasteiger partial charge in [-0.15, -0.1) is 0 Å². The van der Waals surface area contributed by atoms with Gasteiger partial charge in [0.1, 0.15) is 0 Å². The van der Waals surface area contributed by atoms with Crippen molar-refractivity contribution in [1.29, 1.82) is 0 Å². The first kappa shape index (κ1) is 19.4. The fraction of sp³-hybridized carbons (Fsp3) is 0.562. The van der Waals surface area contributed by atoms with Crippen molar-refractivity contribution in [2.45, 2.75) is 38.6 Å². The summed E-state index contributed by atoms with van der Waals surface area (Å²) < 4.78 is 26.7. The van der Waals surface area contributed by atoms with Crippen molar-refractivity contribution in [2.75, 3.05) is 19.6 Å². The number of nitrogens with one attached hydrogen (secondary N) is 3. The van der Waals surface area contributed by atoms with Gasteiger partial charge in [0.25, 0.3) is 0 Å². The summed E-state index contributed by atoms with van der Waals surface area (Å²) in [6.07, 6.45) is 0. The summed E-state index contributed by atoms with van der Waals surface area (Å²) in [5, 5.41) is 6.47. The van der Waals surface area contributed by atoms with Crippen LogP contribution in [0.4, 0.5) is 0 Å². The Morgan fingerprint density at radius 2 is 1.83 bits per heavy atom. The number of benzene rings is 1. The molecule has 0 aliphatic heterocycles. The number of sulfonamides is 1. The smallest absolute Gasteiger partial charge is 0.240 e. The molecule has 0 saturated carbocycles. The van der Waals surface area contributed by atoms with Gasteiger partial charge in [0.05, 0.1) is 11.4 Å². The molecule has 0 aliphatic carbocycles. The van der Waals surface area contributed by atoms with Gasteiger partial charge in [0.15, 0.2) is 5.96 Å². The van der Waals surface area contributed by atoms with E-state index in [-0.39, 0.29) is 17.5 Å². The van der Waals surface area contributed by atoms with E-state index in [0.717, 1.165) is 6.54 Å². The van der Waals surface area contributed by atoms with Gasteiger partial charge in [0.2, 0.25) is 10.0 Å². The highest BCUT2D eigenvalue weighted by Crippen LogP contribution is 2.06. The fourth-order valence-electron chi connectivity index (χ4n) is 1.73. The largest absolute Gasteiger partial charge is 0.357 e. The van der Waals surface area contributed by atoms with E-state index in [1.54, 1.807) is 30.3 Å². The maximum absolute atomic E-state index is 12.1. The van der Waals surface area contributed by atoms with Gasteiger partial charge in [-0.2, -0.15) is 0 Å². The number of nitrogens with zero attached hydrogens (tertiary/aromatic N) is 1. The van der Waals surface area contributed by atoms with Crippen LogP contribution in [0.5, 0.6) is 0 Å². The van der Waals surface area contributed by atoms with E-state index in [0.29, 0.717) is 18.4 Å². The zero-order valence-electron chi connectivity index (χ0n) is 14.3. The van der Waals surface area contributed by atoms with E-state index in [2.05, 4.69) is 41.1 Å². The predicted octanol–water partition coefficient (Wildman–Crippen LogP) is 1.56. The summed E-state index contributed by atoms with van der Waals surface area (Å²) in [5.74, 6) is 1.18. The third kappa shape index (κ3) is 7.00. The Morgan fingerprint density at radius 3 is 2.39 bits per heavy atom. The molecule has 0 heterocycles. The molecule has 1 atom stereocenters. The SMILES string of the molecule is CCNC(=NCCNS(=O)(=O)c1ccccc1)NC(C)C(C)C. The maximum Gasteiger partial charge on any atom is 0.240 e. The third-order valence-corrected chi connectivity index (χ3v) is 4.91. The lowest BCUT2D eigenvalue weighted by Gasteiger charge is -2.20. The highest BCUT2D eigenvalue weighted by atomic mass is 32.2. The molecule has 1 aromatic carbocycles. The monoisotopic (exact) mass is 340 g/mol. The van der Waals surface area contributed by atoms with Crippen LogP contribution < -0.4 is 15.4 Å². The van der Waals surface area contributed by atoms with Crippen molar-refractivity contribution in [3.63, 3.8) is 0 Å². The molecule has 7 heteroatoms. The van der Waals surface area contributed by atoms with Crippen LogP contribution in [0.1, 0.15) is 27.7 Å². The molecule has 0 saturated heterocycles. The van der Waals surface area contributed by atoms with Crippen molar-refractivity contribution in [3.8, 4) is 0 Å². The highest BCUT2D eigenvalue weighted by molar-refractivity contribution is 7.89. The van der Waals surface area contributed by atoms with Crippen LogP contribution in [-0.4, -0.2) is 40.1 Å². The van der Waals surface area contributed by atoms with E-state index < -0.39 is 10.0 Å². The molecule has 0 spiro atoms. The third-order valence-electron chi connectivity index (χ3n) is 3.44. The van der Waals surface area contributed by atoms with Gasteiger partial charge < -0.3 is 10.6 Å². The number of aliphatic imine (C=N–C) groups is 1. The second-order valence-electron chi connectivity index (χ2n) is 5.65. The molecule has 3 N–H and O–H groups in total. The molecule has 0 aromatic heterocycles. The Bertz CT molecular complexity index is 585. The normalized spacial score (nSPS) is 13.9. The van der Waals surface area contributed by atoms with Crippen molar-refractivity contribution >= 4 is 16.0 Å². The van der Waals surface area contributed by atoms with Crippen LogP contribution in [0, 0.1) is 5.92 Å². The molecule has 0 fully saturated rings. The van der Waals surface area contributed by atoms with Crippen LogP contribution in [0.3, 0.4) is 0 Å². The van der Waals surface area contributed by atoms with E-state index in [1.807, 2.05) is 6.92 Å². The molecule has 0 amide bonds. The molecular formula is C16H28N4O2S. The Labute approximate surface area is 139 Å². The molecule has 23 heavy (non-hydrogen) atoms. The number of rotatable bonds is 8. The number of hydrogen-bond donors (Lipinski definition) is 3. The molecular weight excluding hydrogens is 312 g/mol. The minimum Gasteiger partial charge on any atom is -0.357 e. The molecule has 1 rings (SSSR count). The van der Waals surface area contributed by atoms with Gasteiger partial charge in [-0.05, 0) is 31.9 Å². The first-order valence-corrected chi connectivity index (χ1v) is 9.44. The number of hydrogen-bond acceptors (Lipinski definition) is 3. The van der Waals surface area contributed by atoms with E-state index in [4.69, 9.17) is 0 Å². The first-order valence-electron chi connectivity index (χ1n) is 7.96. The minimum atomic E-state index is -3.47. The van der Waals surface area contributed by atoms with Gasteiger partial charge in [-0.25, -0.2) is 13.1 Å². The van der Waals surface area contributed by atoms with Crippen molar-refractivity contribution in [3.05, 3.63) is 30.3 Å². The van der Waals surface area contributed by atoms with Crippen molar-refractivity contribution in [2.24, 2.45) is 10.9 Å². The summed E-state index contributed by atoms with van der Waals surface area (Å²) in [7, 11) is -3.47. The zero-order chi connectivity index (χ0) is 17.3. The summed E-state index contributed by atoms with van der Waals surface area (Å²) in [4.78, 5) is 4.67. The van der Waals surface area contributed by atoms with E-state index in [9.17, 15) is 8.42 Å². The lowest BCUT2D eigenvalue weighted by molar-refractivity contribution is 0.481. The van der Waals surface area contributed by atoms with Crippen molar-refractivity contribution in [1.82, 2.24) is 15.4 Å². The molecule has 0 aliphatic rings. The average Bonchev–Trinajstić information content (AvgIpc) is 2.52. The quantitative estimate of drug-likeness (QED) is 0.381.